The molecule has 0 aliphatic carbocycles. The highest BCUT2D eigenvalue weighted by Gasteiger charge is 2.05. The number of halogens is 2. The fourth-order valence-corrected chi connectivity index (χ4v) is 2.43. The third kappa shape index (κ3) is 2.71. The average Bonchev–Trinajstić information content (AvgIpc) is 2.56. The van der Waals surface area contributed by atoms with Crippen molar-refractivity contribution in [3.05, 3.63) is 38.8 Å². The van der Waals surface area contributed by atoms with Crippen LogP contribution in [0.25, 0.3) is 0 Å². The van der Waals surface area contributed by atoms with E-state index in [1.807, 2.05) is 24.4 Å². The summed E-state index contributed by atoms with van der Waals surface area (Å²) in [5.74, 6) is 0.779. The average molecular weight is 305 g/mol. The van der Waals surface area contributed by atoms with Crippen LogP contribution in [0.15, 0.2) is 28.2 Å². The second-order valence-electron chi connectivity index (χ2n) is 2.95. The molecule has 2 aromatic rings. The van der Waals surface area contributed by atoms with Gasteiger partial charge in [0.1, 0.15) is 10.4 Å². The van der Waals surface area contributed by atoms with E-state index in [-0.39, 0.29) is 0 Å². The SMILES string of the molecule is Cc1cc(Cl)ccc1Oc1nc(Br)cs1. The molecular formula is C10H7BrClNOS. The third-order valence-electron chi connectivity index (χ3n) is 1.79. The van der Waals surface area contributed by atoms with Crippen molar-refractivity contribution in [1.29, 1.82) is 0 Å². The first-order valence-electron chi connectivity index (χ1n) is 4.20. The Morgan fingerprint density at radius 1 is 1.47 bits per heavy atom. The number of nitrogens with zero attached hydrogens (tertiary/aromatic N) is 1. The molecule has 0 N–H and O–H groups in total. The molecule has 0 saturated heterocycles. The van der Waals surface area contributed by atoms with Gasteiger partial charge in [0.05, 0.1) is 0 Å². The molecule has 0 fully saturated rings. The zero-order valence-electron chi connectivity index (χ0n) is 7.83. The van der Waals surface area contributed by atoms with Crippen molar-refractivity contribution < 1.29 is 4.74 Å². The highest BCUT2D eigenvalue weighted by Crippen LogP contribution is 2.30. The van der Waals surface area contributed by atoms with E-state index in [1.54, 1.807) is 6.07 Å². The lowest BCUT2D eigenvalue weighted by molar-refractivity contribution is 0.474. The summed E-state index contributed by atoms with van der Waals surface area (Å²) in [6.07, 6.45) is 0. The molecule has 1 aromatic carbocycles. The molecule has 0 saturated carbocycles. The number of hydrogen-bond donors (Lipinski definition) is 0. The van der Waals surface area contributed by atoms with E-state index in [9.17, 15) is 0 Å². The second kappa shape index (κ2) is 4.51. The molecule has 0 unspecified atom stereocenters. The summed E-state index contributed by atoms with van der Waals surface area (Å²) in [6, 6.07) is 5.50. The number of thiazole rings is 1. The van der Waals surface area contributed by atoms with E-state index in [4.69, 9.17) is 16.3 Å². The van der Waals surface area contributed by atoms with E-state index in [2.05, 4.69) is 20.9 Å². The van der Waals surface area contributed by atoms with Gasteiger partial charge in [-0.2, -0.15) is 4.98 Å². The van der Waals surface area contributed by atoms with Crippen LogP contribution in [-0.2, 0) is 0 Å². The van der Waals surface area contributed by atoms with Crippen molar-refractivity contribution >= 4 is 38.9 Å². The van der Waals surface area contributed by atoms with E-state index in [1.165, 1.54) is 11.3 Å². The van der Waals surface area contributed by atoms with Gasteiger partial charge in [-0.25, -0.2) is 0 Å². The number of rotatable bonds is 2. The molecule has 0 aliphatic rings. The normalized spacial score (nSPS) is 10.3. The maximum absolute atomic E-state index is 5.85. The molecule has 0 amide bonds. The van der Waals surface area contributed by atoms with Crippen molar-refractivity contribution in [2.24, 2.45) is 0 Å². The third-order valence-corrected chi connectivity index (χ3v) is 3.45. The summed E-state index contributed by atoms with van der Waals surface area (Å²) < 4.78 is 6.39. The molecular weight excluding hydrogens is 298 g/mol. The van der Waals surface area contributed by atoms with Crippen LogP contribution in [-0.4, -0.2) is 4.98 Å². The Morgan fingerprint density at radius 3 is 2.87 bits per heavy atom. The van der Waals surface area contributed by atoms with Crippen molar-refractivity contribution in [3.8, 4) is 10.9 Å². The Kier molecular flexibility index (Phi) is 3.29. The molecule has 5 heteroatoms. The first kappa shape index (κ1) is 10.9. The lowest BCUT2D eigenvalue weighted by atomic mass is 10.2. The van der Waals surface area contributed by atoms with Crippen LogP contribution in [0.4, 0.5) is 0 Å². The monoisotopic (exact) mass is 303 g/mol. The number of aromatic nitrogens is 1. The van der Waals surface area contributed by atoms with Gasteiger partial charge in [0.25, 0.3) is 5.19 Å². The molecule has 0 spiro atoms. The fraction of sp³-hybridized carbons (Fsp3) is 0.100. The highest BCUT2D eigenvalue weighted by atomic mass is 79.9. The van der Waals surface area contributed by atoms with E-state index >= 15 is 0 Å². The van der Waals surface area contributed by atoms with Crippen molar-refractivity contribution in [2.75, 3.05) is 0 Å². The molecule has 1 aromatic heterocycles. The van der Waals surface area contributed by atoms with E-state index in [0.29, 0.717) is 10.2 Å². The zero-order valence-corrected chi connectivity index (χ0v) is 11.0. The van der Waals surface area contributed by atoms with Gasteiger partial charge in [0.15, 0.2) is 0 Å². The van der Waals surface area contributed by atoms with Crippen molar-refractivity contribution in [1.82, 2.24) is 4.98 Å². The summed E-state index contributed by atoms with van der Waals surface area (Å²) in [4.78, 5) is 4.15. The molecule has 2 rings (SSSR count). The molecule has 78 valence electrons. The summed E-state index contributed by atoms with van der Waals surface area (Å²) in [5.41, 5.74) is 0.994. The largest absolute Gasteiger partial charge is 0.431 e. The maximum Gasteiger partial charge on any atom is 0.279 e. The first-order chi connectivity index (χ1) is 7.15. The standard InChI is InChI=1S/C10H7BrClNOS/c1-6-4-7(12)2-3-8(6)14-10-13-9(11)5-15-10/h2-5H,1H3. The minimum absolute atomic E-state index is 0.618. The van der Waals surface area contributed by atoms with Gasteiger partial charge >= 0.3 is 0 Å². The lowest BCUT2D eigenvalue weighted by Gasteiger charge is -2.05. The Bertz CT molecular complexity index is 486. The molecule has 15 heavy (non-hydrogen) atoms. The minimum atomic E-state index is 0.618. The zero-order chi connectivity index (χ0) is 10.8. The van der Waals surface area contributed by atoms with E-state index in [0.717, 1.165) is 15.9 Å². The summed E-state index contributed by atoms with van der Waals surface area (Å²) in [7, 11) is 0. The Morgan fingerprint density at radius 2 is 2.27 bits per heavy atom. The topological polar surface area (TPSA) is 22.1 Å². The number of aryl methyl sites for hydroxylation is 1. The molecule has 0 radical (unpaired) electrons. The fourth-order valence-electron chi connectivity index (χ4n) is 1.11. The Balaban J connectivity index is 2.24. The van der Waals surface area contributed by atoms with Crippen LogP contribution in [0.2, 0.25) is 5.02 Å². The van der Waals surface area contributed by atoms with Crippen LogP contribution in [0.3, 0.4) is 0 Å². The summed E-state index contributed by atoms with van der Waals surface area (Å²) in [6.45, 7) is 1.95. The van der Waals surface area contributed by atoms with Crippen molar-refractivity contribution in [3.63, 3.8) is 0 Å². The van der Waals surface area contributed by atoms with Crippen LogP contribution in [0.5, 0.6) is 10.9 Å². The predicted octanol–water partition coefficient (Wildman–Crippen LogP) is 4.66. The quantitative estimate of drug-likeness (QED) is 0.805. The van der Waals surface area contributed by atoms with Crippen LogP contribution in [0, 0.1) is 6.92 Å². The van der Waals surface area contributed by atoms with Gasteiger partial charge in [-0.1, -0.05) is 22.9 Å². The van der Waals surface area contributed by atoms with Crippen LogP contribution < -0.4 is 4.74 Å². The lowest BCUT2D eigenvalue weighted by Crippen LogP contribution is -1.86. The van der Waals surface area contributed by atoms with Gasteiger partial charge in [-0.15, -0.1) is 0 Å². The first-order valence-corrected chi connectivity index (χ1v) is 6.25. The van der Waals surface area contributed by atoms with Crippen LogP contribution >= 0.6 is 38.9 Å². The molecule has 1 heterocycles. The van der Waals surface area contributed by atoms with Gasteiger partial charge < -0.3 is 4.74 Å². The maximum atomic E-state index is 5.85. The highest BCUT2D eigenvalue weighted by molar-refractivity contribution is 9.10. The van der Waals surface area contributed by atoms with E-state index < -0.39 is 0 Å². The summed E-state index contributed by atoms with van der Waals surface area (Å²) in [5, 5.41) is 3.20. The Hall–Kier alpha value is -0.580. The smallest absolute Gasteiger partial charge is 0.279 e. The van der Waals surface area contributed by atoms with Gasteiger partial charge in [-0.3, -0.25) is 0 Å². The molecule has 2 nitrogen and oxygen atoms in total. The van der Waals surface area contributed by atoms with Crippen molar-refractivity contribution in [2.45, 2.75) is 6.92 Å². The molecule has 0 atom stereocenters. The van der Waals surface area contributed by atoms with Gasteiger partial charge in [0, 0.05) is 10.4 Å². The Labute approximate surface area is 105 Å². The molecule has 0 bridgehead atoms. The number of benzene rings is 1. The number of hydrogen-bond acceptors (Lipinski definition) is 3. The predicted molar refractivity (Wildman–Crippen MR) is 66.1 cm³/mol. The van der Waals surface area contributed by atoms with Gasteiger partial charge in [-0.05, 0) is 46.6 Å². The molecule has 0 aliphatic heterocycles. The van der Waals surface area contributed by atoms with Gasteiger partial charge in [0.2, 0.25) is 0 Å². The summed E-state index contributed by atoms with van der Waals surface area (Å²) >= 11 is 10.6. The number of ether oxygens (including phenoxy) is 1. The minimum Gasteiger partial charge on any atom is -0.431 e. The van der Waals surface area contributed by atoms with Crippen LogP contribution in [0.1, 0.15) is 5.56 Å². The second-order valence-corrected chi connectivity index (χ2v) is 5.02.